The van der Waals surface area contributed by atoms with E-state index in [-0.39, 0.29) is 5.91 Å². The molecule has 1 aliphatic heterocycles. The number of amides is 1. The average Bonchev–Trinajstić information content (AvgIpc) is 2.93. The standard InChI is InChI=1S/C13H16N2OS2/c14-13(4-5-13)12(16)15-10-3-1-2-9(8-10)11-17-6-7-18-11/h1-3,8,11H,4-7,14H2,(H,15,16). The fourth-order valence-corrected chi connectivity index (χ4v) is 4.77. The molecule has 1 heterocycles. The van der Waals surface area contributed by atoms with Gasteiger partial charge < -0.3 is 11.1 Å². The van der Waals surface area contributed by atoms with Gasteiger partial charge in [0, 0.05) is 17.2 Å². The second-order valence-electron chi connectivity index (χ2n) is 4.81. The second-order valence-corrected chi connectivity index (χ2v) is 7.53. The van der Waals surface area contributed by atoms with E-state index >= 15 is 0 Å². The molecule has 1 saturated heterocycles. The summed E-state index contributed by atoms with van der Waals surface area (Å²) in [4.78, 5) is 11.9. The maximum absolute atomic E-state index is 11.9. The summed E-state index contributed by atoms with van der Waals surface area (Å²) >= 11 is 3.93. The molecule has 18 heavy (non-hydrogen) atoms. The van der Waals surface area contributed by atoms with Crippen molar-refractivity contribution in [3.8, 4) is 0 Å². The molecular weight excluding hydrogens is 264 g/mol. The van der Waals surface area contributed by atoms with Gasteiger partial charge in [-0.1, -0.05) is 12.1 Å². The minimum Gasteiger partial charge on any atom is -0.324 e. The zero-order valence-electron chi connectivity index (χ0n) is 10.0. The minimum atomic E-state index is -0.604. The first-order chi connectivity index (χ1) is 8.67. The Morgan fingerprint density at radius 3 is 2.72 bits per heavy atom. The third kappa shape index (κ3) is 2.53. The molecule has 2 aliphatic rings. The first-order valence-electron chi connectivity index (χ1n) is 6.11. The molecule has 0 unspecified atom stereocenters. The molecule has 3 nitrogen and oxygen atoms in total. The van der Waals surface area contributed by atoms with Gasteiger partial charge in [0.2, 0.25) is 5.91 Å². The van der Waals surface area contributed by atoms with Gasteiger partial charge in [-0.15, -0.1) is 23.5 Å². The lowest BCUT2D eigenvalue weighted by molar-refractivity contribution is -0.118. The van der Waals surface area contributed by atoms with E-state index in [0.29, 0.717) is 4.58 Å². The number of benzene rings is 1. The van der Waals surface area contributed by atoms with Crippen molar-refractivity contribution in [1.82, 2.24) is 0 Å². The number of carbonyl (C=O) groups is 1. The van der Waals surface area contributed by atoms with Gasteiger partial charge in [0.25, 0.3) is 0 Å². The van der Waals surface area contributed by atoms with Crippen molar-refractivity contribution in [2.24, 2.45) is 5.73 Å². The number of nitrogens with one attached hydrogen (secondary N) is 1. The van der Waals surface area contributed by atoms with Crippen molar-refractivity contribution in [3.63, 3.8) is 0 Å². The number of hydrogen-bond acceptors (Lipinski definition) is 4. The molecule has 1 aromatic rings. The summed E-state index contributed by atoms with van der Waals surface area (Å²) in [5.41, 5.74) is 7.42. The molecule has 1 aromatic carbocycles. The summed E-state index contributed by atoms with van der Waals surface area (Å²) in [6.45, 7) is 0. The molecule has 2 fully saturated rings. The maximum Gasteiger partial charge on any atom is 0.244 e. The highest BCUT2D eigenvalue weighted by Gasteiger charge is 2.45. The van der Waals surface area contributed by atoms with Gasteiger partial charge in [0.1, 0.15) is 0 Å². The van der Waals surface area contributed by atoms with Crippen LogP contribution in [0.2, 0.25) is 0 Å². The van der Waals surface area contributed by atoms with E-state index in [1.54, 1.807) is 0 Å². The first kappa shape index (κ1) is 12.4. The smallest absolute Gasteiger partial charge is 0.244 e. The molecule has 1 amide bonds. The highest BCUT2D eigenvalue weighted by atomic mass is 32.2. The van der Waals surface area contributed by atoms with Crippen LogP contribution in [0.15, 0.2) is 24.3 Å². The Morgan fingerprint density at radius 2 is 2.06 bits per heavy atom. The summed E-state index contributed by atoms with van der Waals surface area (Å²) in [5.74, 6) is 2.36. The quantitative estimate of drug-likeness (QED) is 0.893. The Hall–Kier alpha value is -0.650. The van der Waals surface area contributed by atoms with Crippen LogP contribution < -0.4 is 11.1 Å². The highest BCUT2D eigenvalue weighted by Crippen LogP contribution is 2.45. The summed E-state index contributed by atoms with van der Waals surface area (Å²) in [7, 11) is 0. The van der Waals surface area contributed by atoms with Crippen LogP contribution in [0.3, 0.4) is 0 Å². The van der Waals surface area contributed by atoms with E-state index in [1.807, 2.05) is 35.7 Å². The van der Waals surface area contributed by atoms with Crippen LogP contribution in [-0.4, -0.2) is 23.0 Å². The maximum atomic E-state index is 11.9. The Labute approximate surface area is 115 Å². The monoisotopic (exact) mass is 280 g/mol. The molecule has 0 aromatic heterocycles. The third-order valence-electron chi connectivity index (χ3n) is 3.28. The minimum absolute atomic E-state index is 0.0496. The van der Waals surface area contributed by atoms with Crippen LogP contribution in [0.4, 0.5) is 5.69 Å². The molecule has 0 spiro atoms. The molecular formula is C13H16N2OS2. The summed E-state index contributed by atoms with van der Waals surface area (Å²) in [6, 6.07) is 8.12. The molecule has 1 saturated carbocycles. The van der Waals surface area contributed by atoms with E-state index in [1.165, 1.54) is 17.1 Å². The van der Waals surface area contributed by atoms with Crippen LogP contribution >= 0.6 is 23.5 Å². The normalized spacial score (nSPS) is 21.8. The molecule has 0 radical (unpaired) electrons. The van der Waals surface area contributed by atoms with Crippen LogP contribution in [0.25, 0.3) is 0 Å². The zero-order valence-corrected chi connectivity index (χ0v) is 11.7. The van der Waals surface area contributed by atoms with Crippen LogP contribution in [-0.2, 0) is 4.79 Å². The van der Waals surface area contributed by atoms with Crippen molar-refractivity contribution in [1.29, 1.82) is 0 Å². The van der Waals surface area contributed by atoms with Gasteiger partial charge >= 0.3 is 0 Å². The number of thioether (sulfide) groups is 2. The summed E-state index contributed by atoms with van der Waals surface area (Å²) in [6.07, 6.45) is 1.60. The topological polar surface area (TPSA) is 55.1 Å². The van der Waals surface area contributed by atoms with Crippen LogP contribution in [0.1, 0.15) is 23.0 Å². The first-order valence-corrected chi connectivity index (χ1v) is 8.21. The Kier molecular flexibility index (Phi) is 3.30. The number of nitrogens with two attached hydrogens (primary N) is 1. The van der Waals surface area contributed by atoms with E-state index in [4.69, 9.17) is 5.73 Å². The van der Waals surface area contributed by atoms with E-state index < -0.39 is 5.54 Å². The van der Waals surface area contributed by atoms with E-state index in [9.17, 15) is 4.79 Å². The van der Waals surface area contributed by atoms with Crippen molar-refractivity contribution in [2.45, 2.75) is 23.0 Å². The van der Waals surface area contributed by atoms with Gasteiger partial charge in [-0.2, -0.15) is 0 Å². The third-order valence-corrected chi connectivity index (χ3v) is 6.38. The Morgan fingerprint density at radius 1 is 1.33 bits per heavy atom. The van der Waals surface area contributed by atoms with Crippen molar-refractivity contribution < 1.29 is 4.79 Å². The van der Waals surface area contributed by atoms with Gasteiger partial charge in [-0.05, 0) is 30.5 Å². The lowest BCUT2D eigenvalue weighted by Gasteiger charge is -2.13. The summed E-state index contributed by atoms with van der Waals surface area (Å²) < 4.78 is 0.509. The summed E-state index contributed by atoms with van der Waals surface area (Å²) in [5, 5.41) is 2.93. The molecule has 3 N–H and O–H groups in total. The van der Waals surface area contributed by atoms with Gasteiger partial charge in [-0.3, -0.25) is 4.79 Å². The zero-order chi connectivity index (χ0) is 12.6. The Bertz CT molecular complexity index is 468. The molecule has 3 rings (SSSR count). The SMILES string of the molecule is NC1(C(=O)Nc2cccc(C3SCCS3)c2)CC1. The molecule has 1 aliphatic carbocycles. The number of anilines is 1. The fourth-order valence-electron chi connectivity index (χ4n) is 1.93. The van der Waals surface area contributed by atoms with Gasteiger partial charge in [0.05, 0.1) is 10.1 Å². The number of rotatable bonds is 3. The average molecular weight is 280 g/mol. The lowest BCUT2D eigenvalue weighted by Crippen LogP contribution is -2.37. The molecule has 96 valence electrons. The number of hydrogen-bond donors (Lipinski definition) is 2. The molecule has 0 atom stereocenters. The van der Waals surface area contributed by atoms with E-state index in [2.05, 4.69) is 17.4 Å². The Balaban J connectivity index is 1.72. The second kappa shape index (κ2) is 4.79. The molecule has 5 heteroatoms. The fraction of sp³-hybridized carbons (Fsp3) is 0.462. The number of carbonyl (C=O) groups excluding carboxylic acids is 1. The highest BCUT2D eigenvalue weighted by molar-refractivity contribution is 8.19. The predicted octanol–water partition coefficient (Wildman–Crippen LogP) is 2.60. The van der Waals surface area contributed by atoms with Gasteiger partial charge in [0.15, 0.2) is 0 Å². The lowest BCUT2D eigenvalue weighted by atomic mass is 10.2. The van der Waals surface area contributed by atoms with Crippen molar-refractivity contribution >= 4 is 35.1 Å². The largest absolute Gasteiger partial charge is 0.324 e. The van der Waals surface area contributed by atoms with Gasteiger partial charge in [-0.25, -0.2) is 0 Å². The van der Waals surface area contributed by atoms with Crippen LogP contribution in [0.5, 0.6) is 0 Å². The van der Waals surface area contributed by atoms with Crippen molar-refractivity contribution in [3.05, 3.63) is 29.8 Å². The van der Waals surface area contributed by atoms with Crippen LogP contribution in [0, 0.1) is 0 Å². The predicted molar refractivity (Wildman–Crippen MR) is 78.9 cm³/mol. The van der Waals surface area contributed by atoms with Crippen molar-refractivity contribution in [2.75, 3.05) is 16.8 Å². The molecule has 0 bridgehead atoms. The van der Waals surface area contributed by atoms with E-state index in [0.717, 1.165) is 18.5 Å².